The molecule has 9 amide bonds. The summed E-state index contributed by atoms with van der Waals surface area (Å²) in [6, 6.07) is -5.69. The largest absolute Gasteiger partial charge is 0.481 e. The van der Waals surface area contributed by atoms with Crippen molar-refractivity contribution in [3.8, 4) is 0 Å². The van der Waals surface area contributed by atoms with Gasteiger partial charge >= 0.3 is 11.9 Å². The number of rotatable bonds is 30. The topological polar surface area (TPSA) is 484 Å². The Morgan fingerprint density at radius 3 is 1.91 bits per heavy atom. The van der Waals surface area contributed by atoms with Crippen LogP contribution in [0.3, 0.4) is 0 Å². The number of carboxylic acid groups (broad SMARTS) is 2. The van der Waals surface area contributed by atoms with Gasteiger partial charge in [-0.2, -0.15) is 11.8 Å². The van der Waals surface area contributed by atoms with E-state index in [0.29, 0.717) is 23.4 Å². The first-order valence-corrected chi connectivity index (χ1v) is 29.0. The molecule has 31 heteroatoms. The highest BCUT2D eigenvalue weighted by Gasteiger charge is 2.39. The van der Waals surface area contributed by atoms with E-state index in [1.807, 2.05) is 0 Å². The minimum Gasteiger partial charge on any atom is -0.481 e. The number of hydrogen-bond acceptors (Lipinski definition) is 16. The summed E-state index contributed by atoms with van der Waals surface area (Å²) in [6.07, 6.45) is 4.78. The number of guanidine groups is 1. The second kappa shape index (κ2) is 34.2. The van der Waals surface area contributed by atoms with Crippen LogP contribution in [0.4, 0.5) is 0 Å². The molecule has 11 atom stereocenters. The average molecular weight is 1210 g/mol. The number of aliphatic imine (C=N–C) groups is 1. The quantitative estimate of drug-likeness (QED) is 0.0179. The molecule has 2 aromatic heterocycles. The fraction of sp³-hybridized carbons (Fsp3) is 0.556. The number of carboxylic acids is 2. The Balaban J connectivity index is 1.73. The number of carbonyl (C=O) groups excluding carboxylic acids is 9. The summed E-state index contributed by atoms with van der Waals surface area (Å²) in [6.45, 7) is 10.2. The van der Waals surface area contributed by atoms with Gasteiger partial charge in [-0.3, -0.25) is 52.9 Å². The molecule has 1 aromatic carbocycles. The zero-order valence-corrected chi connectivity index (χ0v) is 49.2. The number of H-pyrrole nitrogens is 2. The lowest BCUT2D eigenvalue weighted by Gasteiger charge is -2.29. The monoisotopic (exact) mass is 1210 g/mol. The number of nitrogens with one attached hydrogen (secondary N) is 11. The number of imidazole rings is 2. The zero-order chi connectivity index (χ0) is 62.9. The van der Waals surface area contributed by atoms with E-state index in [9.17, 15) is 63.0 Å². The fourth-order valence-electron chi connectivity index (χ4n) is 8.76. The van der Waals surface area contributed by atoms with Gasteiger partial charge in [-0.25, -0.2) is 14.8 Å². The van der Waals surface area contributed by atoms with Gasteiger partial charge in [0.05, 0.1) is 25.1 Å². The number of thioether (sulfide) groups is 1. The smallest absolute Gasteiger partial charge is 0.326 e. The van der Waals surface area contributed by atoms with Crippen LogP contribution in [0.25, 0.3) is 0 Å². The van der Waals surface area contributed by atoms with Crippen LogP contribution in [0.1, 0.15) is 90.6 Å². The van der Waals surface area contributed by atoms with Gasteiger partial charge in [0.15, 0.2) is 5.96 Å². The minimum atomic E-state index is -1.54. The van der Waals surface area contributed by atoms with Gasteiger partial charge < -0.3 is 85.2 Å². The maximum atomic E-state index is 14.9. The number of nitrogens with two attached hydrogens (primary N) is 3. The summed E-state index contributed by atoms with van der Waals surface area (Å²) >= 11 is 0.923. The fourth-order valence-corrected chi connectivity index (χ4v) is 9.84. The van der Waals surface area contributed by atoms with Crippen molar-refractivity contribution in [3.63, 3.8) is 0 Å². The minimum absolute atomic E-state index is 0.0343. The van der Waals surface area contributed by atoms with Gasteiger partial charge in [0.1, 0.15) is 54.4 Å². The number of aliphatic carboxylic acids is 2. The van der Waals surface area contributed by atoms with Crippen LogP contribution < -0.4 is 65.1 Å². The second-order valence-electron chi connectivity index (χ2n) is 21.4. The Hall–Kier alpha value is -8.61. The van der Waals surface area contributed by atoms with E-state index in [1.54, 1.807) is 71.9 Å². The lowest BCUT2D eigenvalue weighted by molar-refractivity contribution is -0.143. The van der Waals surface area contributed by atoms with Crippen LogP contribution in [-0.2, 0) is 72.0 Å². The lowest BCUT2D eigenvalue weighted by Crippen LogP contribution is -2.62. The molecule has 1 fully saturated rings. The highest BCUT2D eigenvalue weighted by atomic mass is 32.2. The molecule has 0 bridgehead atoms. The lowest BCUT2D eigenvalue weighted by atomic mass is 9.97. The molecule has 30 nitrogen and oxygen atoms in total. The predicted octanol–water partition coefficient (Wildman–Crippen LogP) is -3.04. The molecule has 466 valence electrons. The van der Waals surface area contributed by atoms with E-state index in [1.165, 1.54) is 25.0 Å². The number of aromatic amines is 2. The third-order valence-corrected chi connectivity index (χ3v) is 14.8. The summed E-state index contributed by atoms with van der Waals surface area (Å²) in [4.78, 5) is 170. The van der Waals surface area contributed by atoms with E-state index in [2.05, 4.69) is 72.8 Å². The first-order valence-electron chi connectivity index (χ1n) is 27.8. The highest BCUT2D eigenvalue weighted by Crippen LogP contribution is 2.16. The summed E-state index contributed by atoms with van der Waals surface area (Å²) in [5.74, 6) is -12.8. The van der Waals surface area contributed by atoms with Crippen molar-refractivity contribution in [2.24, 2.45) is 39.9 Å². The molecule has 85 heavy (non-hydrogen) atoms. The summed E-state index contributed by atoms with van der Waals surface area (Å²) in [7, 11) is 0. The maximum Gasteiger partial charge on any atom is 0.326 e. The number of amides is 9. The van der Waals surface area contributed by atoms with Crippen LogP contribution in [0, 0.1) is 17.8 Å². The number of benzene rings is 1. The van der Waals surface area contributed by atoms with E-state index in [-0.39, 0.29) is 68.5 Å². The van der Waals surface area contributed by atoms with Crippen molar-refractivity contribution in [1.29, 1.82) is 0 Å². The molecule has 3 aromatic rings. The molecule has 0 spiro atoms. The molecule has 0 radical (unpaired) electrons. The van der Waals surface area contributed by atoms with Gasteiger partial charge in [0, 0.05) is 61.1 Å². The van der Waals surface area contributed by atoms with Crippen LogP contribution in [0.5, 0.6) is 0 Å². The van der Waals surface area contributed by atoms with Crippen molar-refractivity contribution in [1.82, 2.24) is 67.8 Å². The van der Waals surface area contributed by atoms with Gasteiger partial charge in [-0.05, 0) is 42.6 Å². The molecule has 0 unspecified atom stereocenters. The SMILES string of the molecule is CC[C@H](C)[C@@H]1NC(=O)[C@@H](NC(=O)[C@@H](NC(=O)[C@H](CCCN=C(N)N)NC(=O)[C@@H](N)CC(=O)O)C(C)C)CSC[C@@H](C(=O)N[C@@H](Cc2ccccc2)C(=O)N[C@@H](Cc2cnc[nH]2)C(=O)N[C@@H](CC(C)C)C(=O)O)NC(=O)[C@H](Cc2cnc[nH]2)NC1=O. The molecule has 0 saturated carbocycles. The third-order valence-electron chi connectivity index (χ3n) is 13.6. The van der Waals surface area contributed by atoms with E-state index < -0.39 is 144 Å². The first-order chi connectivity index (χ1) is 40.3. The molecule has 1 aliphatic rings. The second-order valence-corrected chi connectivity index (χ2v) is 22.5. The summed E-state index contributed by atoms with van der Waals surface area (Å²) in [5.41, 5.74) is 18.1. The Morgan fingerprint density at radius 1 is 0.718 bits per heavy atom. The Bertz CT molecular complexity index is 2760. The van der Waals surface area contributed by atoms with Crippen molar-refractivity contribution in [2.45, 2.75) is 153 Å². The normalized spacial score (nSPS) is 19.1. The molecule has 4 rings (SSSR count). The number of aromatic nitrogens is 4. The molecule has 0 aliphatic carbocycles. The molecule has 1 aliphatic heterocycles. The molecular formula is C54H81N17O13S. The number of hydrogen-bond donors (Lipinski definition) is 16. The molecule has 1 saturated heterocycles. The van der Waals surface area contributed by atoms with Crippen molar-refractivity contribution in [2.75, 3.05) is 18.1 Å². The van der Waals surface area contributed by atoms with E-state index in [0.717, 1.165) is 11.8 Å². The van der Waals surface area contributed by atoms with Gasteiger partial charge in [0.2, 0.25) is 53.2 Å². The Morgan fingerprint density at radius 2 is 1.33 bits per heavy atom. The van der Waals surface area contributed by atoms with Crippen LogP contribution in [0.2, 0.25) is 0 Å². The van der Waals surface area contributed by atoms with E-state index in [4.69, 9.17) is 17.2 Å². The summed E-state index contributed by atoms with van der Waals surface area (Å²) in [5, 5.41) is 43.0. The third kappa shape index (κ3) is 23.2. The standard InChI is InChI=1S/C54H81N17O13S/c1-7-29(6)43-52(82)66-37(19-32-22-59-26-62-32)48(78)68-39(49(79)64-35(17-30-12-9-8-10-13-30)46(76)65-36(18-31-21-58-25-61-31)47(77)67-38(53(83)84)16-27(2)3)23-85-24-40(50(80)71-43)69-51(81)42(28(4)5)70-45(75)34(14-11-15-60-54(56)57)63-44(74)33(55)20-41(72)73/h8-10,12-13,21-22,25-29,33-40,42-43H,7,11,14-20,23-24,55H2,1-6H3,(H,58,61)(H,59,62)(H,63,74)(H,64,79)(H,65,76)(H,66,82)(H,67,77)(H,68,78)(H,69,81)(H,70,75)(H,71,80)(H,72,73)(H,83,84)(H4,56,57,60)/t29-,33-,34-,35-,36-,37-,38-,39-,40-,42-,43-/m0/s1. The number of carbonyl (C=O) groups is 11. The van der Waals surface area contributed by atoms with E-state index >= 15 is 0 Å². The van der Waals surface area contributed by atoms with Crippen LogP contribution >= 0.6 is 11.8 Å². The van der Waals surface area contributed by atoms with Gasteiger partial charge in [-0.15, -0.1) is 0 Å². The van der Waals surface area contributed by atoms with Crippen molar-refractivity contribution in [3.05, 3.63) is 72.3 Å². The summed E-state index contributed by atoms with van der Waals surface area (Å²) < 4.78 is 0. The Kier molecular flexibility index (Phi) is 27.7. The molecule has 19 N–H and O–H groups in total. The zero-order valence-electron chi connectivity index (χ0n) is 48.3. The predicted molar refractivity (Wildman–Crippen MR) is 311 cm³/mol. The highest BCUT2D eigenvalue weighted by molar-refractivity contribution is 7.99. The average Bonchev–Trinajstić information content (AvgIpc) is 4.37. The van der Waals surface area contributed by atoms with Crippen molar-refractivity contribution < 1.29 is 63.0 Å². The van der Waals surface area contributed by atoms with Crippen molar-refractivity contribution >= 4 is 82.8 Å². The maximum absolute atomic E-state index is 14.9. The van der Waals surface area contributed by atoms with Crippen LogP contribution in [-0.4, -0.2) is 180 Å². The van der Waals surface area contributed by atoms with Gasteiger partial charge in [0.25, 0.3) is 0 Å². The number of nitrogens with zero attached hydrogens (tertiary/aromatic N) is 3. The Labute approximate surface area is 495 Å². The first kappa shape index (κ1) is 68.9. The van der Waals surface area contributed by atoms with Crippen LogP contribution in [0.15, 0.2) is 60.4 Å². The van der Waals surface area contributed by atoms with Gasteiger partial charge in [-0.1, -0.05) is 78.3 Å². The molecule has 3 heterocycles. The molecular weight excluding hydrogens is 1130 g/mol.